The molecule has 0 amide bonds. The predicted molar refractivity (Wildman–Crippen MR) is 64.8 cm³/mol. The molecular formula is C14H24O. The number of hydrogen-bond donors (Lipinski definition) is 0. The van der Waals surface area contributed by atoms with Crippen LogP contribution >= 0.6 is 0 Å². The molecule has 1 unspecified atom stereocenters. The van der Waals surface area contributed by atoms with Crippen molar-refractivity contribution in [1.82, 2.24) is 0 Å². The molecule has 0 radical (unpaired) electrons. The van der Waals surface area contributed by atoms with Crippen LogP contribution in [0.5, 0.6) is 0 Å². The highest BCUT2D eigenvalue weighted by molar-refractivity contribution is 5.79. The summed E-state index contributed by atoms with van der Waals surface area (Å²) in [4.78, 5) is 11.4. The van der Waals surface area contributed by atoms with Crippen molar-refractivity contribution in [2.24, 2.45) is 11.8 Å². The number of allylic oxidation sites excluding steroid dienone is 2. The Morgan fingerprint density at radius 2 is 2.00 bits per heavy atom. The maximum Gasteiger partial charge on any atom is 0.136 e. The lowest BCUT2D eigenvalue weighted by Gasteiger charge is -2.18. The monoisotopic (exact) mass is 208 g/mol. The third-order valence-electron chi connectivity index (χ3n) is 3.39. The number of Topliss-reactive ketones (excluding diaryl/α,β-unsaturated/α-hetero) is 1. The van der Waals surface area contributed by atoms with Gasteiger partial charge in [0.2, 0.25) is 0 Å². The predicted octanol–water partition coefficient (Wildman–Crippen LogP) is 4.13. The van der Waals surface area contributed by atoms with Gasteiger partial charge in [-0.05, 0) is 32.1 Å². The van der Waals surface area contributed by atoms with Crippen LogP contribution in [0.2, 0.25) is 0 Å². The van der Waals surface area contributed by atoms with E-state index in [9.17, 15) is 4.79 Å². The average molecular weight is 208 g/mol. The van der Waals surface area contributed by atoms with Gasteiger partial charge in [-0.1, -0.05) is 44.8 Å². The van der Waals surface area contributed by atoms with E-state index in [0.29, 0.717) is 5.78 Å². The summed E-state index contributed by atoms with van der Waals surface area (Å²) in [7, 11) is 0. The van der Waals surface area contributed by atoms with Gasteiger partial charge in [0.25, 0.3) is 0 Å². The summed E-state index contributed by atoms with van der Waals surface area (Å²) in [6, 6.07) is 0. The highest BCUT2D eigenvalue weighted by Crippen LogP contribution is 2.25. The Kier molecular flexibility index (Phi) is 5.67. The normalized spacial score (nSPS) is 20.7. The molecule has 15 heavy (non-hydrogen) atoms. The molecular weight excluding hydrogens is 184 g/mol. The van der Waals surface area contributed by atoms with Gasteiger partial charge in [0.15, 0.2) is 0 Å². The molecule has 0 bridgehead atoms. The second-order valence-electron chi connectivity index (χ2n) is 4.79. The summed E-state index contributed by atoms with van der Waals surface area (Å²) in [5.74, 6) is 1.25. The first-order valence-corrected chi connectivity index (χ1v) is 6.42. The fourth-order valence-corrected chi connectivity index (χ4v) is 2.36. The Bertz CT molecular complexity index is 211. The zero-order chi connectivity index (χ0) is 11.1. The van der Waals surface area contributed by atoms with Gasteiger partial charge >= 0.3 is 0 Å². The van der Waals surface area contributed by atoms with Crippen LogP contribution in [0.4, 0.5) is 0 Å². The first-order valence-electron chi connectivity index (χ1n) is 6.42. The molecule has 1 nitrogen and oxygen atoms in total. The van der Waals surface area contributed by atoms with Crippen LogP contribution in [-0.4, -0.2) is 5.78 Å². The maximum absolute atomic E-state index is 11.4. The van der Waals surface area contributed by atoms with E-state index in [0.717, 1.165) is 18.8 Å². The van der Waals surface area contributed by atoms with Crippen molar-refractivity contribution in [3.63, 3.8) is 0 Å². The summed E-state index contributed by atoms with van der Waals surface area (Å²) in [5, 5.41) is 0. The zero-order valence-electron chi connectivity index (χ0n) is 10.2. The van der Waals surface area contributed by atoms with Gasteiger partial charge in [-0.2, -0.15) is 0 Å². The summed E-state index contributed by atoms with van der Waals surface area (Å²) in [5.41, 5.74) is 0. The van der Waals surface area contributed by atoms with Crippen LogP contribution in [0.1, 0.15) is 58.8 Å². The number of carbonyl (C=O) groups excluding carboxylic acids is 1. The van der Waals surface area contributed by atoms with Crippen molar-refractivity contribution in [3.05, 3.63) is 12.2 Å². The fourth-order valence-electron chi connectivity index (χ4n) is 2.36. The molecule has 1 fully saturated rings. The molecule has 0 spiro atoms. The third kappa shape index (κ3) is 4.63. The van der Waals surface area contributed by atoms with Gasteiger partial charge in [0.1, 0.15) is 5.78 Å². The highest BCUT2D eigenvalue weighted by atomic mass is 16.1. The second-order valence-corrected chi connectivity index (χ2v) is 4.79. The first kappa shape index (κ1) is 12.5. The molecule has 0 saturated heterocycles. The Balaban J connectivity index is 2.40. The molecule has 0 aromatic heterocycles. The van der Waals surface area contributed by atoms with Crippen LogP contribution in [-0.2, 0) is 4.79 Å². The Hall–Kier alpha value is -0.590. The lowest BCUT2D eigenvalue weighted by molar-refractivity contribution is -0.119. The fraction of sp³-hybridized carbons (Fsp3) is 0.786. The van der Waals surface area contributed by atoms with Gasteiger partial charge in [0, 0.05) is 5.92 Å². The molecule has 86 valence electrons. The largest absolute Gasteiger partial charge is 0.299 e. The van der Waals surface area contributed by atoms with Gasteiger partial charge < -0.3 is 0 Å². The van der Waals surface area contributed by atoms with Crippen molar-refractivity contribution >= 4 is 5.78 Å². The minimum absolute atomic E-state index is 0.178. The molecule has 1 atom stereocenters. The molecule has 1 rings (SSSR count). The molecule has 1 aliphatic rings. The van der Waals surface area contributed by atoms with E-state index in [1.54, 1.807) is 6.92 Å². The van der Waals surface area contributed by atoms with Crippen molar-refractivity contribution < 1.29 is 4.79 Å². The van der Waals surface area contributed by atoms with Crippen molar-refractivity contribution in [2.75, 3.05) is 0 Å². The van der Waals surface area contributed by atoms with Crippen molar-refractivity contribution in [3.8, 4) is 0 Å². The van der Waals surface area contributed by atoms with E-state index in [1.807, 2.05) is 0 Å². The summed E-state index contributed by atoms with van der Waals surface area (Å²) < 4.78 is 0. The van der Waals surface area contributed by atoms with Crippen LogP contribution < -0.4 is 0 Å². The maximum atomic E-state index is 11.4. The Morgan fingerprint density at radius 3 is 2.53 bits per heavy atom. The SMILES string of the molecule is CCCC(/C=C/C1CCCCC1)C(C)=O. The van der Waals surface area contributed by atoms with E-state index in [1.165, 1.54) is 32.1 Å². The zero-order valence-corrected chi connectivity index (χ0v) is 10.2. The molecule has 1 aliphatic carbocycles. The summed E-state index contributed by atoms with van der Waals surface area (Å²) >= 11 is 0. The first-order chi connectivity index (χ1) is 7.24. The van der Waals surface area contributed by atoms with Crippen molar-refractivity contribution in [2.45, 2.75) is 58.8 Å². The third-order valence-corrected chi connectivity index (χ3v) is 3.39. The van der Waals surface area contributed by atoms with E-state index in [4.69, 9.17) is 0 Å². The van der Waals surface area contributed by atoms with E-state index in [2.05, 4.69) is 19.1 Å². The minimum atomic E-state index is 0.178. The van der Waals surface area contributed by atoms with Gasteiger partial charge in [-0.3, -0.25) is 4.79 Å². The minimum Gasteiger partial charge on any atom is -0.299 e. The second kappa shape index (κ2) is 6.81. The quantitative estimate of drug-likeness (QED) is 0.621. The number of hydrogen-bond acceptors (Lipinski definition) is 1. The van der Waals surface area contributed by atoms with Crippen LogP contribution in [0.25, 0.3) is 0 Å². The van der Waals surface area contributed by atoms with Gasteiger partial charge in [0.05, 0.1) is 0 Å². The highest BCUT2D eigenvalue weighted by Gasteiger charge is 2.13. The lowest BCUT2D eigenvalue weighted by atomic mass is 9.87. The standard InChI is InChI=1S/C14H24O/c1-3-7-14(12(2)15)11-10-13-8-5-4-6-9-13/h10-11,13-14H,3-9H2,1-2H3/b11-10+. The Labute approximate surface area is 93.9 Å². The number of rotatable bonds is 5. The number of ketones is 1. The summed E-state index contributed by atoms with van der Waals surface area (Å²) in [6.07, 6.45) is 13.4. The van der Waals surface area contributed by atoms with E-state index in [-0.39, 0.29) is 5.92 Å². The summed E-state index contributed by atoms with van der Waals surface area (Å²) in [6.45, 7) is 3.86. The topological polar surface area (TPSA) is 17.1 Å². The number of carbonyl (C=O) groups is 1. The van der Waals surface area contributed by atoms with Gasteiger partial charge in [-0.25, -0.2) is 0 Å². The van der Waals surface area contributed by atoms with E-state index >= 15 is 0 Å². The van der Waals surface area contributed by atoms with Crippen LogP contribution in [0.3, 0.4) is 0 Å². The molecule has 1 saturated carbocycles. The average Bonchev–Trinajstić information content (AvgIpc) is 2.25. The lowest BCUT2D eigenvalue weighted by Crippen LogP contribution is -2.09. The molecule has 0 aromatic carbocycles. The molecule has 0 aliphatic heterocycles. The smallest absolute Gasteiger partial charge is 0.136 e. The van der Waals surface area contributed by atoms with Gasteiger partial charge in [-0.15, -0.1) is 0 Å². The molecule has 0 N–H and O–H groups in total. The molecule has 0 heterocycles. The van der Waals surface area contributed by atoms with Crippen LogP contribution in [0.15, 0.2) is 12.2 Å². The molecule has 1 heteroatoms. The van der Waals surface area contributed by atoms with Crippen LogP contribution in [0, 0.1) is 11.8 Å². The Morgan fingerprint density at radius 1 is 1.33 bits per heavy atom. The van der Waals surface area contributed by atoms with E-state index < -0.39 is 0 Å². The van der Waals surface area contributed by atoms with Crippen molar-refractivity contribution in [1.29, 1.82) is 0 Å². The molecule has 0 aromatic rings.